The first-order valence-electron chi connectivity index (χ1n) is 15.7. The van der Waals surface area contributed by atoms with Gasteiger partial charge in [-0.1, -0.05) is 70.9 Å². The molecule has 2 N–H and O–H groups in total. The van der Waals surface area contributed by atoms with Crippen LogP contribution in [0.15, 0.2) is 112 Å². The van der Waals surface area contributed by atoms with Crippen molar-refractivity contribution >= 4 is 17.5 Å². The maximum Gasteiger partial charge on any atom is 0.252 e. The van der Waals surface area contributed by atoms with Crippen LogP contribution in [-0.4, -0.2) is 49.3 Å². The quantitative estimate of drug-likeness (QED) is 0.0562. The highest BCUT2D eigenvalue weighted by Gasteiger charge is 2.54. The lowest BCUT2D eigenvalue weighted by Crippen LogP contribution is -2.50. The van der Waals surface area contributed by atoms with Crippen LogP contribution in [0.4, 0.5) is 5.69 Å². The van der Waals surface area contributed by atoms with Crippen molar-refractivity contribution in [3.05, 3.63) is 146 Å². The van der Waals surface area contributed by atoms with E-state index in [1.165, 1.54) is 0 Å². The molecule has 5 rings (SSSR count). The van der Waals surface area contributed by atoms with Crippen LogP contribution >= 0.6 is 0 Å². The fraction of sp³-hybridized carbons (Fsp3) is 0.278. The molecule has 0 aliphatic carbocycles. The number of hydrogen-bond donors (Lipinski definition) is 2. The lowest BCUT2D eigenvalue weighted by molar-refractivity contribution is -0.128. The number of methoxy groups -OCH3 is 1. The minimum atomic E-state index is -1.57. The Morgan fingerprint density at radius 3 is 2.39 bits per heavy atom. The molecule has 0 spiro atoms. The van der Waals surface area contributed by atoms with Crippen molar-refractivity contribution in [3.8, 4) is 11.5 Å². The Kier molecular flexibility index (Phi) is 11.7. The van der Waals surface area contributed by atoms with Crippen LogP contribution in [0.5, 0.6) is 11.5 Å². The molecule has 0 saturated carbocycles. The summed E-state index contributed by atoms with van der Waals surface area (Å²) < 4.78 is 17.6. The first-order chi connectivity index (χ1) is 24.0. The Morgan fingerprint density at radius 1 is 0.959 bits per heavy atom. The summed E-state index contributed by atoms with van der Waals surface area (Å²) in [5.41, 5.74) is 20.8. The fourth-order valence-corrected chi connectivity index (χ4v) is 5.66. The average molecular weight is 661 g/mol. The predicted molar refractivity (Wildman–Crippen MR) is 185 cm³/mol. The Morgan fingerprint density at radius 2 is 1.67 bits per heavy atom. The van der Waals surface area contributed by atoms with Gasteiger partial charge in [-0.3, -0.25) is 4.79 Å². The van der Waals surface area contributed by atoms with E-state index in [1.807, 2.05) is 54.6 Å². The molecule has 0 radical (unpaired) electrons. The van der Waals surface area contributed by atoms with Gasteiger partial charge in [0, 0.05) is 47.1 Å². The lowest BCUT2D eigenvalue weighted by Gasteiger charge is -2.32. The van der Waals surface area contributed by atoms with Gasteiger partial charge in [-0.15, -0.1) is 0 Å². The summed E-state index contributed by atoms with van der Waals surface area (Å²) in [5.74, 6) is 1.19. The molecule has 4 aromatic rings. The van der Waals surface area contributed by atoms with E-state index in [2.05, 4.69) is 25.4 Å². The zero-order chi connectivity index (χ0) is 34.5. The average Bonchev–Trinajstić information content (AvgIpc) is 3.52. The number of aliphatic hydroxyl groups excluding tert-OH is 1. The molecule has 0 fully saturated rings. The zero-order valence-corrected chi connectivity index (χ0v) is 27.0. The largest absolute Gasteiger partial charge is 0.497 e. The Hall–Kier alpha value is -6.00. The highest BCUT2D eigenvalue weighted by atomic mass is 16.5. The Balaban J connectivity index is 1.59. The van der Waals surface area contributed by atoms with Crippen molar-refractivity contribution in [1.29, 1.82) is 0 Å². The number of carbonyl (C=O) groups excluding carboxylic acids is 1. The molecule has 13 heteroatoms. The van der Waals surface area contributed by atoms with E-state index in [1.54, 1.807) is 49.6 Å². The highest BCUT2D eigenvalue weighted by Crippen LogP contribution is 2.45. The van der Waals surface area contributed by atoms with Crippen LogP contribution in [0.2, 0.25) is 0 Å². The predicted octanol–water partition coefficient (Wildman–Crippen LogP) is 7.07. The van der Waals surface area contributed by atoms with Crippen molar-refractivity contribution < 1.29 is 24.1 Å². The highest BCUT2D eigenvalue weighted by molar-refractivity contribution is 6.01. The Labute approximate surface area is 283 Å². The lowest BCUT2D eigenvalue weighted by atomic mass is 9.80. The van der Waals surface area contributed by atoms with Gasteiger partial charge in [-0.25, -0.2) is 4.99 Å². The second kappa shape index (κ2) is 16.7. The van der Waals surface area contributed by atoms with Crippen LogP contribution in [0.1, 0.15) is 40.3 Å². The van der Waals surface area contributed by atoms with Crippen molar-refractivity contribution in [2.45, 2.75) is 37.5 Å². The van der Waals surface area contributed by atoms with E-state index in [0.717, 1.165) is 11.3 Å². The number of aliphatic imine (C=N–C) groups is 1. The van der Waals surface area contributed by atoms with Crippen LogP contribution in [0.25, 0.3) is 20.9 Å². The first kappa shape index (κ1) is 34.3. The molecule has 1 aliphatic rings. The molecule has 1 heterocycles. The summed E-state index contributed by atoms with van der Waals surface area (Å²) in [6.45, 7) is 0.731. The normalized spacial score (nSPS) is 16.4. The van der Waals surface area contributed by atoms with Crippen LogP contribution in [0, 0.1) is 0 Å². The summed E-state index contributed by atoms with van der Waals surface area (Å²) in [6, 6.07) is 29.1. The van der Waals surface area contributed by atoms with Gasteiger partial charge in [0.2, 0.25) is 5.90 Å². The summed E-state index contributed by atoms with van der Waals surface area (Å²) >= 11 is 0. The number of hydrogen-bond acceptors (Lipinski definition) is 8. The van der Waals surface area contributed by atoms with E-state index >= 15 is 0 Å². The molecular formula is C36H36N8O5. The van der Waals surface area contributed by atoms with Crippen molar-refractivity contribution in [3.63, 3.8) is 0 Å². The summed E-state index contributed by atoms with van der Waals surface area (Å²) in [7, 11) is 1.61. The van der Waals surface area contributed by atoms with Crippen LogP contribution in [-0.2, 0) is 28.9 Å². The first-order valence-corrected chi connectivity index (χ1v) is 15.7. The zero-order valence-electron chi connectivity index (χ0n) is 27.0. The van der Waals surface area contributed by atoms with Crippen LogP contribution in [0.3, 0.4) is 0 Å². The molecule has 49 heavy (non-hydrogen) atoms. The van der Waals surface area contributed by atoms with E-state index in [0.29, 0.717) is 59.7 Å². The van der Waals surface area contributed by atoms with Gasteiger partial charge >= 0.3 is 0 Å². The summed E-state index contributed by atoms with van der Waals surface area (Å²) in [5, 5.41) is 19.9. The number of amides is 1. The molecule has 2 atom stereocenters. The van der Waals surface area contributed by atoms with Gasteiger partial charge in [0.25, 0.3) is 5.91 Å². The van der Waals surface area contributed by atoms with Gasteiger partial charge in [-0.2, -0.15) is 0 Å². The molecular weight excluding hydrogens is 624 g/mol. The number of nitrogens with zero attached hydrogens (tertiary/aromatic N) is 7. The smallest absolute Gasteiger partial charge is 0.252 e. The van der Waals surface area contributed by atoms with Gasteiger partial charge in [0.15, 0.2) is 11.6 Å². The number of benzene rings is 4. The summed E-state index contributed by atoms with van der Waals surface area (Å²) in [6.07, 6.45) is 0.132. The maximum atomic E-state index is 14.7. The number of nitrogens with one attached hydrogen (secondary N) is 1. The fourth-order valence-electron chi connectivity index (χ4n) is 5.66. The number of ether oxygens (including phenoxy) is 3. The summed E-state index contributed by atoms with van der Waals surface area (Å²) in [4.78, 5) is 25.7. The van der Waals surface area contributed by atoms with E-state index < -0.39 is 11.6 Å². The van der Waals surface area contributed by atoms with Gasteiger partial charge in [-0.05, 0) is 76.1 Å². The molecule has 1 amide bonds. The van der Waals surface area contributed by atoms with Gasteiger partial charge < -0.3 is 24.6 Å². The second-order valence-electron chi connectivity index (χ2n) is 11.2. The molecule has 0 aromatic heterocycles. The Bertz CT molecular complexity index is 1870. The molecule has 0 saturated heterocycles. The third kappa shape index (κ3) is 8.30. The monoisotopic (exact) mass is 660 g/mol. The van der Waals surface area contributed by atoms with Crippen molar-refractivity contribution in [2.75, 3.05) is 26.9 Å². The third-order valence-corrected chi connectivity index (χ3v) is 8.13. The topological polar surface area (TPSA) is 187 Å². The van der Waals surface area contributed by atoms with Crippen molar-refractivity contribution in [1.82, 2.24) is 5.32 Å². The second-order valence-corrected chi connectivity index (χ2v) is 11.2. The standard InChI is InChI=1S/C36H36N8O5/c1-47-29-15-11-25(12-16-29)19-20-39-35(46)36(23-27-7-3-5-10-32(27)42-44-38)33(31-9-4-2-8-28(31)24-40-43-37)49-34(41-36)26-13-17-30(18-14-26)48-22-6-21-45/h2-5,7-18,33,45H,6,19-24H2,1H3,(H,39,46)/t33-,36-/m1/s1. The number of aliphatic hydroxyl groups is 1. The SMILES string of the molecule is COc1ccc(CCNC(=O)[C@]2(Cc3ccccc3N=[N+]=[N-])N=C(c3ccc(OCCCO)cc3)O[C@@H]2c2ccccc2CN=[N+]=[N-])cc1. The minimum Gasteiger partial charge on any atom is -0.497 e. The minimum absolute atomic E-state index is 0.0261. The molecule has 1 aliphatic heterocycles. The number of rotatable bonds is 16. The van der Waals surface area contributed by atoms with E-state index in [4.69, 9.17) is 29.8 Å². The molecule has 250 valence electrons. The molecule has 13 nitrogen and oxygen atoms in total. The van der Waals surface area contributed by atoms with E-state index in [-0.39, 0.29) is 31.4 Å². The molecule has 0 unspecified atom stereocenters. The number of azide groups is 2. The van der Waals surface area contributed by atoms with Crippen molar-refractivity contribution in [2.24, 2.45) is 15.2 Å². The molecule has 0 bridgehead atoms. The number of carbonyl (C=O) groups is 1. The van der Waals surface area contributed by atoms with Crippen LogP contribution < -0.4 is 14.8 Å². The van der Waals surface area contributed by atoms with Gasteiger partial charge in [0.1, 0.15) is 11.5 Å². The van der Waals surface area contributed by atoms with E-state index in [9.17, 15) is 10.3 Å². The third-order valence-electron chi connectivity index (χ3n) is 8.13. The maximum absolute atomic E-state index is 14.7. The van der Waals surface area contributed by atoms with Gasteiger partial charge in [0.05, 0.1) is 20.3 Å². The molecule has 4 aromatic carbocycles.